The standard InChI is InChI=1S/C12H17F3O2/c1-7(2)9-5-4-8(3)6-10(9)17-11(16)12(13,14)15/h8-10H,1,4-6H2,2-3H3/t8-,9+,10-/m1/s1. The van der Waals surface area contributed by atoms with Crippen molar-refractivity contribution >= 4 is 5.97 Å². The molecule has 3 atom stereocenters. The molecule has 0 spiro atoms. The van der Waals surface area contributed by atoms with E-state index in [1.54, 1.807) is 6.92 Å². The zero-order valence-corrected chi connectivity index (χ0v) is 10.0. The fourth-order valence-electron chi connectivity index (χ4n) is 2.23. The highest BCUT2D eigenvalue weighted by Gasteiger charge is 2.44. The summed E-state index contributed by atoms with van der Waals surface area (Å²) in [5.41, 5.74) is 0.775. The van der Waals surface area contributed by atoms with Crippen molar-refractivity contribution < 1.29 is 22.7 Å². The number of rotatable bonds is 2. The molecule has 1 aliphatic rings. The topological polar surface area (TPSA) is 26.3 Å². The van der Waals surface area contributed by atoms with Gasteiger partial charge in [0.05, 0.1) is 0 Å². The number of carbonyl (C=O) groups is 1. The van der Waals surface area contributed by atoms with Gasteiger partial charge in [0.1, 0.15) is 6.10 Å². The molecule has 0 aliphatic heterocycles. The van der Waals surface area contributed by atoms with Gasteiger partial charge in [0.15, 0.2) is 0 Å². The average Bonchev–Trinajstić information content (AvgIpc) is 2.15. The first-order chi connectivity index (χ1) is 7.71. The Kier molecular flexibility index (Phi) is 4.22. The second-order valence-corrected chi connectivity index (χ2v) is 4.81. The SMILES string of the molecule is C=C(C)[C@@H]1CC[C@@H](C)C[C@H]1OC(=O)C(F)(F)F. The van der Waals surface area contributed by atoms with Crippen LogP contribution in [0, 0.1) is 11.8 Å². The van der Waals surface area contributed by atoms with E-state index < -0.39 is 18.2 Å². The maximum absolute atomic E-state index is 12.1. The second-order valence-electron chi connectivity index (χ2n) is 4.81. The van der Waals surface area contributed by atoms with Crippen molar-refractivity contribution in [3.63, 3.8) is 0 Å². The maximum Gasteiger partial charge on any atom is 0.490 e. The highest BCUT2D eigenvalue weighted by atomic mass is 19.4. The molecule has 17 heavy (non-hydrogen) atoms. The molecule has 1 rings (SSSR count). The zero-order valence-electron chi connectivity index (χ0n) is 10.0. The lowest BCUT2D eigenvalue weighted by Crippen LogP contribution is -2.37. The Balaban J connectivity index is 2.71. The molecule has 0 heterocycles. The van der Waals surface area contributed by atoms with Crippen LogP contribution in [0.5, 0.6) is 0 Å². The first-order valence-electron chi connectivity index (χ1n) is 5.65. The van der Waals surface area contributed by atoms with Gasteiger partial charge < -0.3 is 4.74 Å². The predicted molar refractivity (Wildman–Crippen MR) is 57.3 cm³/mol. The van der Waals surface area contributed by atoms with Crippen LogP contribution in [0.1, 0.15) is 33.1 Å². The molecular formula is C12H17F3O2. The van der Waals surface area contributed by atoms with Crippen LogP contribution in [0.25, 0.3) is 0 Å². The second kappa shape index (κ2) is 5.10. The van der Waals surface area contributed by atoms with Gasteiger partial charge in [0.25, 0.3) is 0 Å². The fourth-order valence-corrected chi connectivity index (χ4v) is 2.23. The molecule has 0 radical (unpaired) electrons. The van der Waals surface area contributed by atoms with Crippen molar-refractivity contribution in [1.82, 2.24) is 0 Å². The summed E-state index contributed by atoms with van der Waals surface area (Å²) in [5, 5.41) is 0. The lowest BCUT2D eigenvalue weighted by molar-refractivity contribution is -0.208. The third kappa shape index (κ3) is 3.75. The lowest BCUT2D eigenvalue weighted by Gasteiger charge is -2.34. The molecule has 0 aromatic heterocycles. The van der Waals surface area contributed by atoms with Crippen LogP contribution < -0.4 is 0 Å². The minimum Gasteiger partial charge on any atom is -0.455 e. The Morgan fingerprint density at radius 3 is 2.41 bits per heavy atom. The smallest absolute Gasteiger partial charge is 0.455 e. The quantitative estimate of drug-likeness (QED) is 0.554. The normalized spacial score (nSPS) is 29.8. The summed E-state index contributed by atoms with van der Waals surface area (Å²) in [6, 6.07) is 0. The average molecular weight is 250 g/mol. The molecule has 0 amide bonds. The van der Waals surface area contributed by atoms with Crippen molar-refractivity contribution in [3.8, 4) is 0 Å². The number of hydrogen-bond donors (Lipinski definition) is 0. The minimum atomic E-state index is -4.92. The van der Waals surface area contributed by atoms with Crippen molar-refractivity contribution in [3.05, 3.63) is 12.2 Å². The van der Waals surface area contributed by atoms with E-state index in [-0.39, 0.29) is 11.8 Å². The van der Waals surface area contributed by atoms with Crippen LogP contribution in [0.3, 0.4) is 0 Å². The molecule has 1 fully saturated rings. The van der Waals surface area contributed by atoms with E-state index in [0.29, 0.717) is 6.42 Å². The van der Waals surface area contributed by atoms with Crippen molar-refractivity contribution in [1.29, 1.82) is 0 Å². The monoisotopic (exact) mass is 250 g/mol. The van der Waals surface area contributed by atoms with E-state index in [0.717, 1.165) is 18.4 Å². The van der Waals surface area contributed by atoms with E-state index in [1.165, 1.54) is 0 Å². The van der Waals surface area contributed by atoms with E-state index in [1.807, 2.05) is 6.92 Å². The fraction of sp³-hybridized carbons (Fsp3) is 0.750. The number of esters is 1. The van der Waals surface area contributed by atoms with Gasteiger partial charge in [-0.1, -0.05) is 19.1 Å². The van der Waals surface area contributed by atoms with Crippen LogP contribution in [0.4, 0.5) is 13.2 Å². The summed E-state index contributed by atoms with van der Waals surface area (Å²) in [5.74, 6) is -1.98. The van der Waals surface area contributed by atoms with Crippen LogP contribution in [-0.2, 0) is 9.53 Å². The Bertz CT molecular complexity index is 309. The van der Waals surface area contributed by atoms with Gasteiger partial charge in [-0.2, -0.15) is 13.2 Å². The van der Waals surface area contributed by atoms with Gasteiger partial charge in [-0.3, -0.25) is 0 Å². The van der Waals surface area contributed by atoms with Gasteiger partial charge in [0, 0.05) is 5.92 Å². The predicted octanol–water partition coefficient (Wildman–Crippen LogP) is 3.47. The Morgan fingerprint density at radius 1 is 1.35 bits per heavy atom. The van der Waals surface area contributed by atoms with E-state index in [4.69, 9.17) is 0 Å². The summed E-state index contributed by atoms with van der Waals surface area (Å²) < 4.78 is 41.0. The van der Waals surface area contributed by atoms with Crippen LogP contribution in [0.2, 0.25) is 0 Å². The highest BCUT2D eigenvalue weighted by molar-refractivity contribution is 5.75. The maximum atomic E-state index is 12.1. The van der Waals surface area contributed by atoms with E-state index in [2.05, 4.69) is 11.3 Å². The summed E-state index contributed by atoms with van der Waals surface area (Å²) >= 11 is 0. The van der Waals surface area contributed by atoms with Crippen molar-refractivity contribution in [2.24, 2.45) is 11.8 Å². The molecule has 98 valence electrons. The third-order valence-electron chi connectivity index (χ3n) is 3.18. The first kappa shape index (κ1) is 14.1. The molecule has 0 unspecified atom stereocenters. The van der Waals surface area contributed by atoms with Crippen molar-refractivity contribution in [2.45, 2.75) is 45.4 Å². The van der Waals surface area contributed by atoms with Gasteiger partial charge in [0.2, 0.25) is 0 Å². The minimum absolute atomic E-state index is 0.155. The zero-order chi connectivity index (χ0) is 13.2. The van der Waals surface area contributed by atoms with E-state index >= 15 is 0 Å². The van der Waals surface area contributed by atoms with Crippen LogP contribution in [0.15, 0.2) is 12.2 Å². The van der Waals surface area contributed by atoms with Gasteiger partial charge in [-0.05, 0) is 32.1 Å². The summed E-state index contributed by atoms with van der Waals surface area (Å²) in [6.45, 7) is 7.46. The van der Waals surface area contributed by atoms with Crippen LogP contribution >= 0.6 is 0 Å². The Morgan fingerprint density at radius 2 is 1.94 bits per heavy atom. The lowest BCUT2D eigenvalue weighted by atomic mass is 9.78. The number of carbonyl (C=O) groups excluding carboxylic acids is 1. The van der Waals surface area contributed by atoms with Gasteiger partial charge >= 0.3 is 12.1 Å². The summed E-state index contributed by atoms with van der Waals surface area (Å²) in [7, 11) is 0. The summed E-state index contributed by atoms with van der Waals surface area (Å²) in [6.07, 6.45) is -3.48. The Labute approximate surface area is 98.8 Å². The number of hydrogen-bond acceptors (Lipinski definition) is 2. The molecule has 5 heteroatoms. The molecule has 1 saturated carbocycles. The first-order valence-corrected chi connectivity index (χ1v) is 5.65. The number of ether oxygens (including phenoxy) is 1. The molecule has 0 saturated heterocycles. The van der Waals surface area contributed by atoms with Crippen LogP contribution in [-0.4, -0.2) is 18.2 Å². The highest BCUT2D eigenvalue weighted by Crippen LogP contribution is 2.35. The molecule has 0 bridgehead atoms. The van der Waals surface area contributed by atoms with E-state index in [9.17, 15) is 18.0 Å². The molecule has 0 N–H and O–H groups in total. The van der Waals surface area contributed by atoms with Gasteiger partial charge in [-0.15, -0.1) is 0 Å². The Hall–Kier alpha value is -1.00. The largest absolute Gasteiger partial charge is 0.490 e. The van der Waals surface area contributed by atoms with Crippen molar-refractivity contribution in [2.75, 3.05) is 0 Å². The molecule has 0 aromatic carbocycles. The third-order valence-corrected chi connectivity index (χ3v) is 3.18. The molecule has 2 nitrogen and oxygen atoms in total. The molecular weight excluding hydrogens is 233 g/mol. The number of halogens is 3. The molecule has 1 aliphatic carbocycles. The number of alkyl halides is 3. The molecule has 0 aromatic rings. The summed E-state index contributed by atoms with van der Waals surface area (Å²) in [4.78, 5) is 10.8. The van der Waals surface area contributed by atoms with Gasteiger partial charge in [-0.25, -0.2) is 4.79 Å².